The molecule has 4 rings (SSSR count). The molecule has 0 aromatic heterocycles. The second-order valence-electron chi connectivity index (χ2n) is 11.9. The van der Waals surface area contributed by atoms with E-state index in [9.17, 15) is 0 Å². The first-order valence-electron chi connectivity index (χ1n) is 15.5. The van der Waals surface area contributed by atoms with Gasteiger partial charge in [-0.1, -0.05) is 89.9 Å². The Kier molecular flexibility index (Phi) is 11.5. The van der Waals surface area contributed by atoms with Gasteiger partial charge >= 0.3 is 0 Å². The van der Waals surface area contributed by atoms with Crippen LogP contribution in [0.25, 0.3) is 0 Å². The number of hydrogen-bond acceptors (Lipinski definition) is 4. The maximum absolute atomic E-state index is 6.66. The molecule has 2 aliphatic heterocycles. The van der Waals surface area contributed by atoms with Gasteiger partial charge in [-0.3, -0.25) is 0 Å². The van der Waals surface area contributed by atoms with E-state index in [2.05, 4.69) is 0 Å². The normalized spacial score (nSPS) is 38.1. The molecule has 34 heavy (non-hydrogen) atoms. The van der Waals surface area contributed by atoms with Crippen molar-refractivity contribution < 1.29 is 19.2 Å². The van der Waals surface area contributed by atoms with Gasteiger partial charge in [0, 0.05) is 24.7 Å². The average Bonchev–Trinajstić information content (AvgIpc) is 2.85. The molecule has 0 bridgehead atoms. The molecule has 4 atom stereocenters. The predicted molar refractivity (Wildman–Crippen MR) is 137 cm³/mol. The zero-order valence-electron chi connectivity index (χ0n) is 22.2. The molecule has 0 spiro atoms. The summed E-state index contributed by atoms with van der Waals surface area (Å²) in [5, 5.41) is 0. The first kappa shape index (κ1) is 26.9. The Balaban J connectivity index is 1.48. The van der Waals surface area contributed by atoms with Crippen molar-refractivity contribution in [3.05, 3.63) is 0 Å². The summed E-state index contributed by atoms with van der Waals surface area (Å²) in [6, 6.07) is 0. The maximum atomic E-state index is 6.66. The summed E-state index contributed by atoms with van der Waals surface area (Å²) < 4.78 is 13.2. The van der Waals surface area contributed by atoms with Crippen LogP contribution in [0.4, 0.5) is 0 Å². The van der Waals surface area contributed by atoms with Crippen molar-refractivity contribution in [2.45, 2.75) is 166 Å². The zero-order chi connectivity index (χ0) is 23.4. The highest BCUT2D eigenvalue weighted by atomic mass is 17.3. The molecule has 4 unspecified atom stereocenters. The minimum atomic E-state index is -0.568. The van der Waals surface area contributed by atoms with Crippen molar-refractivity contribution in [1.29, 1.82) is 0 Å². The predicted octanol–water partition coefficient (Wildman–Crippen LogP) is 9.01. The summed E-state index contributed by atoms with van der Waals surface area (Å²) in [6.07, 6.45) is 30.3. The van der Waals surface area contributed by atoms with Crippen LogP contribution in [0.5, 0.6) is 0 Å². The molecule has 2 saturated heterocycles. The van der Waals surface area contributed by atoms with Crippen molar-refractivity contribution in [1.82, 2.24) is 0 Å². The first-order chi connectivity index (χ1) is 16.8. The van der Waals surface area contributed by atoms with Crippen LogP contribution in [0, 0.1) is 11.8 Å². The largest absolute Gasteiger partial charge is 0.347 e. The van der Waals surface area contributed by atoms with Crippen LogP contribution in [-0.4, -0.2) is 24.8 Å². The molecule has 198 valence electrons. The van der Waals surface area contributed by atoms with Gasteiger partial charge in [-0.25, -0.2) is 0 Å². The number of fused-ring (bicyclic) bond motifs is 2. The maximum Gasteiger partial charge on any atom is 0.204 e. The average molecular weight is 479 g/mol. The number of hydrogen-bond donors (Lipinski definition) is 0. The Morgan fingerprint density at radius 1 is 0.382 bits per heavy atom. The summed E-state index contributed by atoms with van der Waals surface area (Å²) in [4.78, 5) is 13.3. The zero-order valence-corrected chi connectivity index (χ0v) is 22.2. The van der Waals surface area contributed by atoms with E-state index in [1.165, 1.54) is 128 Å². The summed E-state index contributed by atoms with van der Waals surface area (Å²) in [5.74, 6) is -0.238. The molecule has 0 amide bonds. The summed E-state index contributed by atoms with van der Waals surface area (Å²) in [7, 11) is 0. The fourth-order valence-corrected chi connectivity index (χ4v) is 7.16. The minimum absolute atomic E-state index is 0.449. The summed E-state index contributed by atoms with van der Waals surface area (Å²) in [5.41, 5.74) is 0. The van der Waals surface area contributed by atoms with Crippen molar-refractivity contribution in [3.8, 4) is 0 Å². The molecule has 0 aromatic carbocycles. The molecule has 2 aliphatic carbocycles. The second-order valence-corrected chi connectivity index (χ2v) is 11.9. The smallest absolute Gasteiger partial charge is 0.204 e. The summed E-state index contributed by atoms with van der Waals surface area (Å²) >= 11 is 0. The van der Waals surface area contributed by atoms with E-state index in [0.29, 0.717) is 11.8 Å². The molecular formula is C30H54O4. The van der Waals surface area contributed by atoms with Crippen LogP contribution in [-0.2, 0) is 19.2 Å². The van der Waals surface area contributed by atoms with Crippen molar-refractivity contribution in [2.75, 3.05) is 13.2 Å². The molecule has 0 radical (unpaired) electrons. The van der Waals surface area contributed by atoms with E-state index in [-0.39, 0.29) is 0 Å². The lowest BCUT2D eigenvalue weighted by atomic mass is 9.82. The van der Waals surface area contributed by atoms with E-state index < -0.39 is 11.6 Å². The fourth-order valence-electron chi connectivity index (χ4n) is 7.16. The van der Waals surface area contributed by atoms with Gasteiger partial charge in [-0.15, -0.1) is 0 Å². The Bertz CT molecular complexity index is 506. The Labute approximate surface area is 210 Å². The van der Waals surface area contributed by atoms with Crippen LogP contribution in [0.15, 0.2) is 0 Å². The van der Waals surface area contributed by atoms with Gasteiger partial charge in [0.15, 0.2) is 0 Å². The SMILES string of the molecule is C1CCCCCC2(OOC34CCCCCCCCCCC3CCCO4)OCCCC2CCCC1. The first-order valence-corrected chi connectivity index (χ1v) is 15.5. The highest BCUT2D eigenvalue weighted by molar-refractivity contribution is 4.86. The lowest BCUT2D eigenvalue weighted by molar-refractivity contribution is -0.531. The van der Waals surface area contributed by atoms with Gasteiger partial charge in [0.05, 0.1) is 13.2 Å². The molecule has 4 aliphatic rings. The van der Waals surface area contributed by atoms with Crippen molar-refractivity contribution >= 4 is 0 Å². The third-order valence-corrected chi connectivity index (χ3v) is 9.31. The van der Waals surface area contributed by atoms with E-state index in [0.717, 1.165) is 38.9 Å². The molecular weight excluding hydrogens is 424 g/mol. The second kappa shape index (κ2) is 14.5. The highest BCUT2D eigenvalue weighted by Crippen LogP contribution is 2.45. The van der Waals surface area contributed by atoms with E-state index in [1.54, 1.807) is 0 Å². The lowest BCUT2D eigenvalue weighted by Gasteiger charge is -2.48. The summed E-state index contributed by atoms with van der Waals surface area (Å²) in [6.45, 7) is 1.61. The molecule has 4 heteroatoms. The standard InChI is InChI=1S/C30H54O4/c1-3-7-11-15-23-29(27(19-13-9-5-1)21-17-25-31-29)33-34-30-24-16-12-8-4-2-6-10-14-20-28(30)22-18-26-32-30/h27-28H,1-26H2. The van der Waals surface area contributed by atoms with Crippen LogP contribution in [0.3, 0.4) is 0 Å². The van der Waals surface area contributed by atoms with Gasteiger partial charge < -0.3 is 9.47 Å². The third-order valence-electron chi connectivity index (χ3n) is 9.31. The third kappa shape index (κ3) is 7.67. The Morgan fingerprint density at radius 3 is 1.12 bits per heavy atom. The van der Waals surface area contributed by atoms with Gasteiger partial charge in [0.1, 0.15) is 0 Å². The number of rotatable bonds is 3. The van der Waals surface area contributed by atoms with Crippen LogP contribution in [0.1, 0.15) is 154 Å². The van der Waals surface area contributed by atoms with Crippen LogP contribution < -0.4 is 0 Å². The monoisotopic (exact) mass is 478 g/mol. The Hall–Kier alpha value is -0.160. The fraction of sp³-hybridized carbons (Fsp3) is 1.00. The molecule has 4 nitrogen and oxygen atoms in total. The van der Waals surface area contributed by atoms with Gasteiger partial charge in [-0.2, -0.15) is 9.78 Å². The molecule has 2 saturated carbocycles. The highest BCUT2D eigenvalue weighted by Gasteiger charge is 2.49. The Morgan fingerprint density at radius 2 is 0.706 bits per heavy atom. The van der Waals surface area contributed by atoms with E-state index in [4.69, 9.17) is 19.2 Å². The van der Waals surface area contributed by atoms with E-state index >= 15 is 0 Å². The van der Waals surface area contributed by atoms with Gasteiger partial charge in [0.25, 0.3) is 0 Å². The molecule has 4 fully saturated rings. The van der Waals surface area contributed by atoms with Crippen molar-refractivity contribution in [2.24, 2.45) is 11.8 Å². The van der Waals surface area contributed by atoms with Crippen molar-refractivity contribution in [3.63, 3.8) is 0 Å². The molecule has 0 N–H and O–H groups in total. The topological polar surface area (TPSA) is 36.9 Å². The molecule has 2 heterocycles. The minimum Gasteiger partial charge on any atom is -0.347 e. The van der Waals surface area contributed by atoms with Gasteiger partial charge in [0.2, 0.25) is 11.6 Å². The molecule has 0 aromatic rings. The van der Waals surface area contributed by atoms with Crippen LogP contribution in [0.2, 0.25) is 0 Å². The van der Waals surface area contributed by atoms with Crippen LogP contribution >= 0.6 is 0 Å². The number of ether oxygens (including phenoxy) is 2. The van der Waals surface area contributed by atoms with E-state index in [1.807, 2.05) is 0 Å². The van der Waals surface area contributed by atoms with Gasteiger partial charge in [-0.05, 0) is 51.4 Å². The lowest BCUT2D eigenvalue weighted by Crippen LogP contribution is -2.53. The quantitative estimate of drug-likeness (QED) is 0.299.